The largest absolute Gasteiger partial charge is 0.349 e. The van der Waals surface area contributed by atoms with Gasteiger partial charge in [0.2, 0.25) is 5.91 Å². The lowest BCUT2D eigenvalue weighted by Gasteiger charge is -2.22. The third kappa shape index (κ3) is 6.47. The number of nitrogens with zero attached hydrogens (tertiary/aromatic N) is 3. The number of carbonyl (C=O) groups excluding carboxylic acids is 2. The lowest BCUT2D eigenvalue weighted by molar-refractivity contribution is -0.119. The van der Waals surface area contributed by atoms with E-state index < -0.39 is 0 Å². The second-order valence-electron chi connectivity index (χ2n) is 8.63. The van der Waals surface area contributed by atoms with E-state index in [2.05, 4.69) is 20.8 Å². The van der Waals surface area contributed by atoms with Gasteiger partial charge >= 0.3 is 0 Å². The molecule has 0 aliphatic heterocycles. The number of aromatic nitrogens is 3. The number of nitrogens with one attached hydrogen (secondary N) is 2. The van der Waals surface area contributed by atoms with Crippen molar-refractivity contribution in [3.63, 3.8) is 0 Å². The summed E-state index contributed by atoms with van der Waals surface area (Å²) in [5, 5.41) is 15.5. The van der Waals surface area contributed by atoms with Gasteiger partial charge in [-0.05, 0) is 44.4 Å². The maximum Gasteiger partial charge on any atom is 0.251 e. The van der Waals surface area contributed by atoms with Gasteiger partial charge in [-0.1, -0.05) is 73.6 Å². The zero-order valence-electron chi connectivity index (χ0n) is 20.4. The van der Waals surface area contributed by atoms with Crippen molar-refractivity contribution >= 4 is 23.6 Å². The van der Waals surface area contributed by atoms with E-state index in [-0.39, 0.29) is 35.6 Å². The van der Waals surface area contributed by atoms with Crippen LogP contribution in [0, 0.1) is 12.8 Å². The molecule has 2 N–H and O–H groups in total. The van der Waals surface area contributed by atoms with Crippen LogP contribution in [0.15, 0.2) is 59.8 Å². The summed E-state index contributed by atoms with van der Waals surface area (Å²) in [5.74, 6) is 0.821. The van der Waals surface area contributed by atoms with Gasteiger partial charge in [-0.2, -0.15) is 0 Å². The minimum atomic E-state index is -0.303. The lowest BCUT2D eigenvalue weighted by atomic mass is 10.0. The van der Waals surface area contributed by atoms with Crippen LogP contribution in [0.4, 0.5) is 0 Å². The second kappa shape index (κ2) is 11.8. The molecule has 2 aromatic carbocycles. The molecule has 0 spiro atoms. The Morgan fingerprint density at radius 3 is 2.26 bits per heavy atom. The molecule has 0 fully saturated rings. The predicted octanol–water partition coefficient (Wildman–Crippen LogP) is 4.70. The van der Waals surface area contributed by atoms with E-state index in [1.165, 1.54) is 11.8 Å². The normalized spacial score (nSPS) is 12.9. The van der Waals surface area contributed by atoms with E-state index >= 15 is 0 Å². The smallest absolute Gasteiger partial charge is 0.251 e. The first-order valence-corrected chi connectivity index (χ1v) is 12.6. The third-order valence-corrected chi connectivity index (χ3v) is 6.58. The van der Waals surface area contributed by atoms with E-state index in [0.29, 0.717) is 23.1 Å². The van der Waals surface area contributed by atoms with Gasteiger partial charge in [0.25, 0.3) is 5.91 Å². The summed E-state index contributed by atoms with van der Waals surface area (Å²) in [6.45, 7) is 10.7. The van der Waals surface area contributed by atoms with Crippen LogP contribution in [0.2, 0.25) is 0 Å². The van der Waals surface area contributed by atoms with E-state index in [1.54, 1.807) is 0 Å². The highest BCUT2D eigenvalue weighted by atomic mass is 32.2. The van der Waals surface area contributed by atoms with Crippen molar-refractivity contribution in [3.05, 3.63) is 77.1 Å². The minimum absolute atomic E-state index is 0.0679. The topological polar surface area (TPSA) is 88.9 Å². The number of thioether (sulfide) groups is 1. The lowest BCUT2D eigenvalue weighted by Crippen LogP contribution is -2.33. The molecule has 1 aromatic heterocycles. The monoisotopic (exact) mass is 479 g/mol. The van der Waals surface area contributed by atoms with Gasteiger partial charge in [-0.25, -0.2) is 0 Å². The molecule has 0 saturated carbocycles. The van der Waals surface area contributed by atoms with Crippen molar-refractivity contribution in [2.45, 2.75) is 58.4 Å². The van der Waals surface area contributed by atoms with Gasteiger partial charge in [-0.3, -0.25) is 9.59 Å². The maximum atomic E-state index is 12.9. The number of amides is 2. The second-order valence-corrected chi connectivity index (χ2v) is 9.58. The molecular formula is C26H33N5O2S. The van der Waals surface area contributed by atoms with Crippen molar-refractivity contribution in [1.82, 2.24) is 25.4 Å². The Kier molecular flexibility index (Phi) is 8.87. The number of carbonyl (C=O) groups is 2. The Hall–Kier alpha value is -3.13. The van der Waals surface area contributed by atoms with Crippen LogP contribution >= 0.6 is 11.8 Å². The van der Waals surface area contributed by atoms with Crippen LogP contribution < -0.4 is 10.6 Å². The SMILES string of the molecule is CCn1c(SCC(=O)N[C@@H](C)c2ccccc2)nnc1[C@H](NC(=O)c1ccc(C)cc1)C(C)C. The van der Waals surface area contributed by atoms with Crippen LogP contribution in [0.3, 0.4) is 0 Å². The van der Waals surface area contributed by atoms with Crippen molar-refractivity contribution in [1.29, 1.82) is 0 Å². The van der Waals surface area contributed by atoms with Gasteiger partial charge < -0.3 is 15.2 Å². The number of hydrogen-bond donors (Lipinski definition) is 2. The summed E-state index contributed by atoms with van der Waals surface area (Å²) in [5.41, 5.74) is 2.77. The van der Waals surface area contributed by atoms with Crippen molar-refractivity contribution < 1.29 is 9.59 Å². The fraction of sp³-hybridized carbons (Fsp3) is 0.385. The van der Waals surface area contributed by atoms with E-state index in [0.717, 1.165) is 11.1 Å². The standard InChI is InChI=1S/C26H33N5O2S/c1-6-31-24(23(17(2)3)28-25(33)21-14-12-18(4)13-15-21)29-30-26(31)34-16-22(32)27-19(5)20-10-8-7-9-11-20/h7-15,17,19,23H,6,16H2,1-5H3,(H,27,32)(H,28,33)/t19-,23+/m0/s1. The number of hydrogen-bond acceptors (Lipinski definition) is 5. The molecule has 3 aromatic rings. The van der Waals surface area contributed by atoms with Crippen LogP contribution in [0.5, 0.6) is 0 Å². The molecule has 2 atom stereocenters. The van der Waals surface area contributed by atoms with Crippen molar-refractivity contribution in [3.8, 4) is 0 Å². The molecule has 34 heavy (non-hydrogen) atoms. The third-order valence-electron chi connectivity index (χ3n) is 5.62. The molecule has 0 aliphatic carbocycles. The summed E-state index contributed by atoms with van der Waals surface area (Å²) < 4.78 is 1.97. The molecule has 0 aliphatic rings. The molecule has 0 bridgehead atoms. The van der Waals surface area contributed by atoms with E-state index in [1.807, 2.05) is 93.8 Å². The average Bonchev–Trinajstić information content (AvgIpc) is 3.24. The fourth-order valence-electron chi connectivity index (χ4n) is 3.63. The maximum absolute atomic E-state index is 12.9. The molecule has 0 unspecified atom stereocenters. The Labute approximate surface area is 205 Å². The van der Waals surface area contributed by atoms with Gasteiger partial charge in [0.05, 0.1) is 17.8 Å². The molecule has 180 valence electrons. The quantitative estimate of drug-likeness (QED) is 0.411. The fourth-order valence-corrected chi connectivity index (χ4v) is 4.45. The molecule has 2 amide bonds. The molecular weight excluding hydrogens is 446 g/mol. The first-order valence-electron chi connectivity index (χ1n) is 11.6. The Balaban J connectivity index is 1.68. The van der Waals surface area contributed by atoms with Crippen LogP contribution in [-0.2, 0) is 11.3 Å². The Bertz CT molecular complexity index is 1100. The highest BCUT2D eigenvalue weighted by Crippen LogP contribution is 2.25. The molecule has 8 heteroatoms. The van der Waals surface area contributed by atoms with Crippen LogP contribution in [0.25, 0.3) is 0 Å². The molecule has 0 radical (unpaired) electrons. The number of rotatable bonds is 10. The minimum Gasteiger partial charge on any atom is -0.349 e. The highest BCUT2D eigenvalue weighted by molar-refractivity contribution is 7.99. The van der Waals surface area contributed by atoms with Crippen molar-refractivity contribution in [2.75, 3.05) is 5.75 Å². The van der Waals surface area contributed by atoms with Crippen LogP contribution in [-0.4, -0.2) is 32.3 Å². The average molecular weight is 480 g/mol. The zero-order valence-corrected chi connectivity index (χ0v) is 21.2. The summed E-state index contributed by atoms with van der Waals surface area (Å²) in [4.78, 5) is 25.4. The summed E-state index contributed by atoms with van der Waals surface area (Å²) in [7, 11) is 0. The zero-order chi connectivity index (χ0) is 24.7. The number of benzene rings is 2. The van der Waals surface area contributed by atoms with Crippen molar-refractivity contribution in [2.24, 2.45) is 5.92 Å². The van der Waals surface area contributed by atoms with Gasteiger partial charge in [0.15, 0.2) is 11.0 Å². The highest BCUT2D eigenvalue weighted by Gasteiger charge is 2.26. The van der Waals surface area contributed by atoms with E-state index in [9.17, 15) is 9.59 Å². The summed E-state index contributed by atoms with van der Waals surface area (Å²) in [6, 6.07) is 17.0. The first-order chi connectivity index (χ1) is 16.3. The Morgan fingerprint density at radius 1 is 0.971 bits per heavy atom. The molecule has 3 rings (SSSR count). The van der Waals surface area contributed by atoms with Gasteiger partial charge in [-0.15, -0.1) is 10.2 Å². The van der Waals surface area contributed by atoms with Gasteiger partial charge in [0, 0.05) is 12.1 Å². The summed E-state index contributed by atoms with van der Waals surface area (Å²) in [6.07, 6.45) is 0. The van der Waals surface area contributed by atoms with Crippen LogP contribution in [0.1, 0.15) is 67.1 Å². The van der Waals surface area contributed by atoms with E-state index in [4.69, 9.17) is 0 Å². The first kappa shape index (κ1) is 25.5. The Morgan fingerprint density at radius 2 is 1.65 bits per heavy atom. The summed E-state index contributed by atoms with van der Waals surface area (Å²) >= 11 is 1.35. The molecule has 7 nitrogen and oxygen atoms in total. The number of aryl methyl sites for hydroxylation is 1. The van der Waals surface area contributed by atoms with Gasteiger partial charge in [0.1, 0.15) is 0 Å². The molecule has 1 heterocycles. The molecule has 0 saturated heterocycles. The predicted molar refractivity (Wildman–Crippen MR) is 136 cm³/mol.